The lowest BCUT2D eigenvalue weighted by molar-refractivity contribution is -0.131. The molecule has 0 bridgehead atoms. The predicted molar refractivity (Wildman–Crippen MR) is 137 cm³/mol. The average Bonchev–Trinajstić information content (AvgIpc) is 2.81. The number of carbonyl (C=O) groups excluding carboxylic acids is 1. The molecule has 1 rings (SSSR count). The molecule has 0 aliphatic heterocycles. The van der Waals surface area contributed by atoms with Crippen LogP contribution in [-0.2, 0) is 19.1 Å². The fraction of sp³-hybridized carbons (Fsp3) is 0.357. The summed E-state index contributed by atoms with van der Waals surface area (Å²) >= 11 is 0. The SMILES string of the molecule is CO[C@H]([C@H](C)[C@H](/C=C/c1ccccc1)OC)[C@@H](C)/C=C/C(C)=C/C(=O)N/C=C\C/C=C\C(=O)O. The molecule has 0 aliphatic rings. The number of nitrogens with one attached hydrogen (secondary N) is 1. The maximum absolute atomic E-state index is 12.0. The number of allylic oxidation sites excluding steroid dienone is 4. The molecule has 2 N–H and O–H groups in total. The van der Waals surface area contributed by atoms with Crippen molar-refractivity contribution in [3.05, 3.63) is 90.2 Å². The highest BCUT2D eigenvalue weighted by molar-refractivity contribution is 5.89. The fourth-order valence-electron chi connectivity index (χ4n) is 3.50. The molecule has 0 saturated carbocycles. The number of carboxylic acids is 1. The molecular weight excluding hydrogens is 430 g/mol. The summed E-state index contributed by atoms with van der Waals surface area (Å²) in [5.74, 6) is -1.06. The number of benzene rings is 1. The molecule has 0 aliphatic carbocycles. The van der Waals surface area contributed by atoms with Crippen molar-refractivity contribution in [3.63, 3.8) is 0 Å². The standard InChI is InChI=1S/C28H37NO5/c1-21(20-26(30)29-19-11-7-10-14-27(31)32)15-16-22(2)28(34-5)23(3)25(33-4)18-17-24-12-8-6-9-13-24/h6,8-20,22-23,25,28H,7H2,1-5H3,(H,29,30)(H,31,32)/b14-10-,16-15+,18-17+,19-11-,21-20+/t22-,23+,25-,28-/m0/s1. The number of carbonyl (C=O) groups is 2. The van der Waals surface area contributed by atoms with Crippen LogP contribution in [0.15, 0.2) is 84.6 Å². The third-order valence-electron chi connectivity index (χ3n) is 5.27. The first kappa shape index (κ1) is 28.8. The number of hydrogen-bond acceptors (Lipinski definition) is 4. The number of methoxy groups -OCH3 is 2. The highest BCUT2D eigenvalue weighted by Crippen LogP contribution is 2.24. The number of rotatable bonds is 14. The fourth-order valence-corrected chi connectivity index (χ4v) is 3.50. The van der Waals surface area contributed by atoms with Gasteiger partial charge >= 0.3 is 5.97 Å². The van der Waals surface area contributed by atoms with Crippen LogP contribution in [0.3, 0.4) is 0 Å². The van der Waals surface area contributed by atoms with E-state index in [-0.39, 0.29) is 30.0 Å². The monoisotopic (exact) mass is 467 g/mol. The van der Waals surface area contributed by atoms with E-state index in [1.54, 1.807) is 20.3 Å². The van der Waals surface area contributed by atoms with E-state index in [4.69, 9.17) is 14.6 Å². The number of amides is 1. The van der Waals surface area contributed by atoms with Crippen LogP contribution >= 0.6 is 0 Å². The summed E-state index contributed by atoms with van der Waals surface area (Å²) in [4.78, 5) is 22.4. The average molecular weight is 468 g/mol. The van der Waals surface area contributed by atoms with E-state index in [1.807, 2.05) is 49.4 Å². The van der Waals surface area contributed by atoms with Gasteiger partial charge in [-0.15, -0.1) is 0 Å². The predicted octanol–water partition coefficient (Wildman–Crippen LogP) is 5.17. The van der Waals surface area contributed by atoms with E-state index >= 15 is 0 Å². The second kappa shape index (κ2) is 16.4. The minimum absolute atomic E-state index is 0.0787. The van der Waals surface area contributed by atoms with Gasteiger partial charge in [0, 0.05) is 44.4 Å². The summed E-state index contributed by atoms with van der Waals surface area (Å²) in [6.45, 7) is 6.04. The molecule has 0 radical (unpaired) electrons. The van der Waals surface area contributed by atoms with E-state index in [2.05, 4.69) is 31.3 Å². The first-order valence-electron chi connectivity index (χ1n) is 11.3. The van der Waals surface area contributed by atoms with Crippen molar-refractivity contribution in [1.29, 1.82) is 0 Å². The van der Waals surface area contributed by atoms with Gasteiger partial charge in [0.2, 0.25) is 5.91 Å². The molecule has 1 aromatic rings. The highest BCUT2D eigenvalue weighted by atomic mass is 16.5. The van der Waals surface area contributed by atoms with Gasteiger partial charge in [-0.05, 0) is 24.5 Å². The van der Waals surface area contributed by atoms with Gasteiger partial charge in [-0.3, -0.25) is 4.79 Å². The first-order valence-corrected chi connectivity index (χ1v) is 11.3. The third-order valence-corrected chi connectivity index (χ3v) is 5.27. The summed E-state index contributed by atoms with van der Waals surface area (Å²) in [7, 11) is 3.40. The second-order valence-electron chi connectivity index (χ2n) is 8.02. The van der Waals surface area contributed by atoms with Crippen LogP contribution in [0.2, 0.25) is 0 Å². The smallest absolute Gasteiger partial charge is 0.327 e. The molecule has 0 heterocycles. The second-order valence-corrected chi connectivity index (χ2v) is 8.02. The number of carboxylic acid groups (broad SMARTS) is 1. The molecule has 0 fully saturated rings. The molecule has 1 amide bonds. The van der Waals surface area contributed by atoms with Crippen molar-refractivity contribution in [2.75, 3.05) is 14.2 Å². The zero-order valence-corrected chi connectivity index (χ0v) is 20.7. The van der Waals surface area contributed by atoms with Gasteiger partial charge in [-0.25, -0.2) is 4.79 Å². The molecule has 0 unspecified atom stereocenters. The Kier molecular flexibility index (Phi) is 13.9. The molecule has 184 valence electrons. The van der Waals surface area contributed by atoms with Crippen LogP contribution in [0.25, 0.3) is 6.08 Å². The zero-order chi connectivity index (χ0) is 25.3. The van der Waals surface area contributed by atoms with E-state index in [0.29, 0.717) is 6.42 Å². The van der Waals surface area contributed by atoms with E-state index in [1.165, 1.54) is 18.4 Å². The van der Waals surface area contributed by atoms with Crippen molar-refractivity contribution in [2.45, 2.75) is 39.4 Å². The summed E-state index contributed by atoms with van der Waals surface area (Å²) < 4.78 is 11.5. The lowest BCUT2D eigenvalue weighted by Crippen LogP contribution is -2.35. The Balaban J connectivity index is 2.68. The van der Waals surface area contributed by atoms with Gasteiger partial charge in [-0.2, -0.15) is 0 Å². The maximum Gasteiger partial charge on any atom is 0.327 e. The Hall–Kier alpha value is -3.22. The molecule has 34 heavy (non-hydrogen) atoms. The van der Waals surface area contributed by atoms with E-state index < -0.39 is 5.97 Å². The summed E-state index contributed by atoms with van der Waals surface area (Å²) in [5, 5.41) is 11.2. The van der Waals surface area contributed by atoms with Crippen LogP contribution in [0.4, 0.5) is 0 Å². The van der Waals surface area contributed by atoms with Gasteiger partial charge in [0.1, 0.15) is 0 Å². The number of aliphatic carboxylic acids is 1. The summed E-state index contributed by atoms with van der Waals surface area (Å²) in [6, 6.07) is 10.1. The molecular formula is C28H37NO5. The minimum atomic E-state index is -0.997. The lowest BCUT2D eigenvalue weighted by atomic mass is 9.88. The molecule has 0 spiro atoms. The zero-order valence-electron chi connectivity index (χ0n) is 20.7. The van der Waals surface area contributed by atoms with Crippen molar-refractivity contribution in [1.82, 2.24) is 5.32 Å². The Morgan fingerprint density at radius 3 is 2.35 bits per heavy atom. The van der Waals surface area contributed by atoms with Crippen LogP contribution in [0, 0.1) is 11.8 Å². The Labute approximate surface area is 203 Å². The van der Waals surface area contributed by atoms with Crippen molar-refractivity contribution in [2.24, 2.45) is 11.8 Å². The Morgan fingerprint density at radius 2 is 1.74 bits per heavy atom. The van der Waals surface area contributed by atoms with Gasteiger partial charge in [-0.1, -0.05) is 80.6 Å². The molecule has 6 nitrogen and oxygen atoms in total. The van der Waals surface area contributed by atoms with Crippen molar-refractivity contribution >= 4 is 18.0 Å². The largest absolute Gasteiger partial charge is 0.478 e. The van der Waals surface area contributed by atoms with Crippen molar-refractivity contribution < 1.29 is 24.2 Å². The van der Waals surface area contributed by atoms with Gasteiger partial charge in [0.05, 0.1) is 12.2 Å². The first-order chi connectivity index (χ1) is 16.3. The Morgan fingerprint density at radius 1 is 1.03 bits per heavy atom. The molecule has 4 atom stereocenters. The van der Waals surface area contributed by atoms with Gasteiger partial charge in [0.25, 0.3) is 0 Å². The van der Waals surface area contributed by atoms with Crippen LogP contribution in [0.5, 0.6) is 0 Å². The van der Waals surface area contributed by atoms with E-state index in [0.717, 1.165) is 17.2 Å². The lowest BCUT2D eigenvalue weighted by Gasteiger charge is -2.30. The van der Waals surface area contributed by atoms with Crippen LogP contribution in [-0.4, -0.2) is 43.4 Å². The Bertz CT molecular complexity index is 899. The third kappa shape index (κ3) is 11.6. The minimum Gasteiger partial charge on any atom is -0.478 e. The van der Waals surface area contributed by atoms with E-state index in [9.17, 15) is 9.59 Å². The van der Waals surface area contributed by atoms with Gasteiger partial charge in [0.15, 0.2) is 0 Å². The normalized spacial score (nSPS) is 16.3. The number of ether oxygens (including phenoxy) is 2. The van der Waals surface area contributed by atoms with Gasteiger partial charge < -0.3 is 19.9 Å². The topological polar surface area (TPSA) is 84.9 Å². The molecule has 6 heteroatoms. The number of hydrogen-bond donors (Lipinski definition) is 2. The summed E-state index contributed by atoms with van der Waals surface area (Å²) in [5.41, 5.74) is 1.92. The molecule has 0 saturated heterocycles. The van der Waals surface area contributed by atoms with Crippen LogP contribution in [0.1, 0.15) is 32.8 Å². The quantitative estimate of drug-likeness (QED) is 0.291. The summed E-state index contributed by atoms with van der Waals surface area (Å²) in [6.07, 6.45) is 15.5. The molecule has 1 aromatic carbocycles. The van der Waals surface area contributed by atoms with Crippen molar-refractivity contribution in [3.8, 4) is 0 Å². The highest BCUT2D eigenvalue weighted by Gasteiger charge is 2.27. The van der Waals surface area contributed by atoms with Crippen LogP contribution < -0.4 is 5.32 Å². The molecule has 0 aromatic heterocycles. The maximum atomic E-state index is 12.0.